The van der Waals surface area contributed by atoms with Crippen molar-refractivity contribution >= 4 is 11.7 Å². The Hall–Kier alpha value is -1.89. The summed E-state index contributed by atoms with van der Waals surface area (Å²) in [6, 6.07) is 4.09. The Labute approximate surface area is 127 Å². The lowest BCUT2D eigenvalue weighted by molar-refractivity contribution is -0.0502. The van der Waals surface area contributed by atoms with Crippen LogP contribution in [0.15, 0.2) is 18.2 Å². The van der Waals surface area contributed by atoms with Crippen LogP contribution in [-0.2, 0) is 0 Å². The average Bonchev–Trinajstić information content (AvgIpc) is 2.89. The predicted octanol–water partition coefficient (Wildman–Crippen LogP) is 2.88. The summed E-state index contributed by atoms with van der Waals surface area (Å²) in [5.74, 6) is 0.100. The van der Waals surface area contributed by atoms with E-state index in [0.29, 0.717) is 11.3 Å². The molecule has 5 nitrogen and oxygen atoms in total. The molecule has 1 aliphatic carbocycles. The minimum Gasteiger partial charge on any atom is -0.434 e. The van der Waals surface area contributed by atoms with Gasteiger partial charge in [0.25, 0.3) is 0 Å². The molecule has 0 aromatic heterocycles. The molecular weight excluding hydrogens is 294 g/mol. The van der Waals surface area contributed by atoms with E-state index in [1.54, 1.807) is 19.1 Å². The van der Waals surface area contributed by atoms with E-state index in [2.05, 4.69) is 15.4 Å². The number of anilines is 1. The summed E-state index contributed by atoms with van der Waals surface area (Å²) in [5.41, 5.74) is 0.930. The molecule has 0 saturated heterocycles. The van der Waals surface area contributed by atoms with Gasteiger partial charge < -0.3 is 20.5 Å². The molecule has 3 N–H and O–H groups in total. The lowest BCUT2D eigenvalue weighted by Crippen LogP contribution is -2.41. The maximum absolute atomic E-state index is 12.3. The van der Waals surface area contributed by atoms with Crippen LogP contribution in [0.3, 0.4) is 0 Å². The number of carbonyl (C=O) groups excluding carboxylic acids is 1. The topological polar surface area (TPSA) is 70.6 Å². The molecule has 22 heavy (non-hydrogen) atoms. The number of benzene rings is 1. The summed E-state index contributed by atoms with van der Waals surface area (Å²) in [6.45, 7) is -1.22. The van der Waals surface area contributed by atoms with E-state index >= 15 is 0 Å². The lowest BCUT2D eigenvalue weighted by Gasteiger charge is -2.19. The van der Waals surface area contributed by atoms with Crippen LogP contribution in [0.2, 0.25) is 0 Å². The molecule has 122 valence electrons. The van der Waals surface area contributed by atoms with Crippen LogP contribution >= 0.6 is 0 Å². The number of hydrogen-bond acceptors (Lipinski definition) is 3. The SMILES string of the molecule is Cc1ccc(NC(=O)N[C@H]2CCC[C@@H]2CO)cc1OC(F)F. The Morgan fingerprint density at radius 3 is 2.91 bits per heavy atom. The standard InChI is InChI=1S/C15H20F2N2O3/c1-9-5-6-11(7-13(9)22-14(16)17)18-15(21)19-12-4-2-3-10(12)8-20/h5-7,10,12,14,20H,2-4,8H2,1H3,(H2,18,19,21)/t10-,12+/m1/s1. The quantitative estimate of drug-likeness (QED) is 0.782. The Kier molecular flexibility index (Phi) is 5.54. The number of hydrogen-bond donors (Lipinski definition) is 3. The van der Waals surface area contributed by atoms with Crippen molar-refractivity contribution in [2.75, 3.05) is 11.9 Å². The molecule has 2 amide bonds. The van der Waals surface area contributed by atoms with Crippen molar-refractivity contribution in [3.8, 4) is 5.75 Å². The Morgan fingerprint density at radius 2 is 2.23 bits per heavy atom. The van der Waals surface area contributed by atoms with Crippen LogP contribution in [0, 0.1) is 12.8 Å². The number of carbonyl (C=O) groups is 1. The number of halogens is 2. The first-order chi connectivity index (χ1) is 10.5. The van der Waals surface area contributed by atoms with Crippen LogP contribution in [0.25, 0.3) is 0 Å². The van der Waals surface area contributed by atoms with Crippen LogP contribution in [0.4, 0.5) is 19.3 Å². The second kappa shape index (κ2) is 7.40. The number of rotatable bonds is 5. The summed E-state index contributed by atoms with van der Waals surface area (Å²) in [7, 11) is 0. The molecule has 2 atom stereocenters. The molecule has 0 heterocycles. The number of urea groups is 1. The van der Waals surface area contributed by atoms with E-state index in [-0.39, 0.29) is 24.3 Å². The van der Waals surface area contributed by atoms with Crippen molar-refractivity contribution in [3.63, 3.8) is 0 Å². The highest BCUT2D eigenvalue weighted by molar-refractivity contribution is 5.89. The fourth-order valence-electron chi connectivity index (χ4n) is 2.68. The molecule has 2 rings (SSSR count). The number of amides is 2. The van der Waals surface area contributed by atoms with Gasteiger partial charge in [0.2, 0.25) is 0 Å². The normalized spacial score (nSPS) is 21.0. The van der Waals surface area contributed by atoms with E-state index < -0.39 is 12.6 Å². The number of ether oxygens (including phenoxy) is 1. The van der Waals surface area contributed by atoms with Gasteiger partial charge in [0, 0.05) is 30.3 Å². The maximum atomic E-state index is 12.3. The molecule has 1 aromatic rings. The van der Waals surface area contributed by atoms with Crippen molar-refractivity contribution in [2.24, 2.45) is 5.92 Å². The van der Waals surface area contributed by atoms with Gasteiger partial charge in [-0.05, 0) is 31.4 Å². The van der Waals surface area contributed by atoms with Crippen molar-refractivity contribution < 1.29 is 23.4 Å². The number of aliphatic hydroxyl groups excluding tert-OH is 1. The van der Waals surface area contributed by atoms with Gasteiger partial charge in [0.05, 0.1) is 0 Å². The Bertz CT molecular complexity index is 526. The van der Waals surface area contributed by atoms with Crippen molar-refractivity contribution in [2.45, 2.75) is 38.8 Å². The molecular formula is C15H20F2N2O3. The molecule has 1 saturated carbocycles. The van der Waals surface area contributed by atoms with Crippen LogP contribution in [-0.4, -0.2) is 30.4 Å². The van der Waals surface area contributed by atoms with E-state index in [1.165, 1.54) is 6.07 Å². The van der Waals surface area contributed by atoms with Gasteiger partial charge in [0.15, 0.2) is 0 Å². The molecule has 0 radical (unpaired) electrons. The van der Waals surface area contributed by atoms with Gasteiger partial charge in [-0.3, -0.25) is 0 Å². The molecule has 0 unspecified atom stereocenters. The largest absolute Gasteiger partial charge is 0.434 e. The minimum absolute atomic E-state index is 0.0295. The van der Waals surface area contributed by atoms with Gasteiger partial charge in [-0.1, -0.05) is 12.5 Å². The fourth-order valence-corrected chi connectivity index (χ4v) is 2.68. The molecule has 1 aliphatic rings. The second-order valence-corrected chi connectivity index (χ2v) is 5.44. The zero-order valence-corrected chi connectivity index (χ0v) is 12.3. The minimum atomic E-state index is -2.91. The number of alkyl halides is 2. The first-order valence-electron chi connectivity index (χ1n) is 7.23. The highest BCUT2D eigenvalue weighted by atomic mass is 19.3. The number of aryl methyl sites for hydroxylation is 1. The molecule has 1 aromatic carbocycles. The lowest BCUT2D eigenvalue weighted by atomic mass is 10.1. The summed E-state index contributed by atoms with van der Waals surface area (Å²) < 4.78 is 29.0. The van der Waals surface area contributed by atoms with Gasteiger partial charge >= 0.3 is 12.6 Å². The van der Waals surface area contributed by atoms with Crippen LogP contribution in [0.5, 0.6) is 5.75 Å². The third kappa shape index (κ3) is 4.30. The molecule has 0 bridgehead atoms. The summed E-state index contributed by atoms with van der Waals surface area (Å²) in [6.07, 6.45) is 2.68. The second-order valence-electron chi connectivity index (χ2n) is 5.44. The van der Waals surface area contributed by atoms with Crippen molar-refractivity contribution in [3.05, 3.63) is 23.8 Å². The van der Waals surface area contributed by atoms with Gasteiger partial charge in [0.1, 0.15) is 5.75 Å². The zero-order chi connectivity index (χ0) is 16.1. The fraction of sp³-hybridized carbons (Fsp3) is 0.533. The molecule has 0 aliphatic heterocycles. The van der Waals surface area contributed by atoms with Crippen molar-refractivity contribution in [1.29, 1.82) is 0 Å². The zero-order valence-electron chi connectivity index (χ0n) is 12.3. The smallest absolute Gasteiger partial charge is 0.387 e. The first kappa shape index (κ1) is 16.5. The van der Waals surface area contributed by atoms with E-state index in [1.807, 2.05) is 0 Å². The first-order valence-corrected chi connectivity index (χ1v) is 7.23. The number of nitrogens with one attached hydrogen (secondary N) is 2. The van der Waals surface area contributed by atoms with E-state index in [0.717, 1.165) is 19.3 Å². The maximum Gasteiger partial charge on any atom is 0.387 e. The summed E-state index contributed by atoms with van der Waals surface area (Å²) in [5, 5.41) is 14.6. The third-order valence-electron chi connectivity index (χ3n) is 3.87. The highest BCUT2D eigenvalue weighted by Crippen LogP contribution is 2.26. The van der Waals surface area contributed by atoms with Crippen LogP contribution < -0.4 is 15.4 Å². The third-order valence-corrected chi connectivity index (χ3v) is 3.87. The average molecular weight is 314 g/mol. The van der Waals surface area contributed by atoms with Gasteiger partial charge in [-0.15, -0.1) is 0 Å². The summed E-state index contributed by atoms with van der Waals surface area (Å²) in [4.78, 5) is 12.0. The van der Waals surface area contributed by atoms with Gasteiger partial charge in [-0.25, -0.2) is 4.79 Å². The van der Waals surface area contributed by atoms with Gasteiger partial charge in [-0.2, -0.15) is 8.78 Å². The number of aliphatic hydroxyl groups is 1. The molecule has 0 spiro atoms. The highest BCUT2D eigenvalue weighted by Gasteiger charge is 2.27. The molecule has 7 heteroatoms. The van der Waals surface area contributed by atoms with E-state index in [4.69, 9.17) is 0 Å². The van der Waals surface area contributed by atoms with Crippen LogP contribution in [0.1, 0.15) is 24.8 Å². The monoisotopic (exact) mass is 314 g/mol. The molecule has 1 fully saturated rings. The Balaban J connectivity index is 1.96. The van der Waals surface area contributed by atoms with E-state index in [9.17, 15) is 18.7 Å². The van der Waals surface area contributed by atoms with Crippen molar-refractivity contribution in [1.82, 2.24) is 5.32 Å². The summed E-state index contributed by atoms with van der Waals surface area (Å²) >= 11 is 0. The predicted molar refractivity (Wildman–Crippen MR) is 78.2 cm³/mol. The Morgan fingerprint density at radius 1 is 1.45 bits per heavy atom.